The number of ether oxygens (including phenoxy) is 1. The molecule has 4 rings (SSSR count). The SMILES string of the molecule is CCCC1c2ccccc2CC1NCCCOc1cccc2cncnc12. The molecule has 1 N–H and O–H groups in total. The van der Waals surface area contributed by atoms with Crippen molar-refractivity contribution < 1.29 is 4.74 Å². The molecular formula is C23H27N3O. The molecule has 0 saturated heterocycles. The van der Waals surface area contributed by atoms with Gasteiger partial charge >= 0.3 is 0 Å². The van der Waals surface area contributed by atoms with Crippen LogP contribution in [0.25, 0.3) is 10.9 Å². The molecule has 0 spiro atoms. The van der Waals surface area contributed by atoms with E-state index in [4.69, 9.17) is 4.74 Å². The van der Waals surface area contributed by atoms with Crippen LogP contribution in [0.4, 0.5) is 0 Å². The van der Waals surface area contributed by atoms with Gasteiger partial charge in [-0.15, -0.1) is 0 Å². The Hall–Kier alpha value is -2.46. The Bertz CT molecular complexity index is 890. The minimum Gasteiger partial charge on any atom is -0.491 e. The fourth-order valence-corrected chi connectivity index (χ4v) is 4.20. The number of rotatable bonds is 8. The highest BCUT2D eigenvalue weighted by Gasteiger charge is 2.30. The topological polar surface area (TPSA) is 47.0 Å². The van der Waals surface area contributed by atoms with Gasteiger partial charge in [0.15, 0.2) is 0 Å². The van der Waals surface area contributed by atoms with Crippen molar-refractivity contribution in [3.8, 4) is 5.75 Å². The molecule has 0 amide bonds. The van der Waals surface area contributed by atoms with Crippen molar-refractivity contribution in [3.05, 3.63) is 66.1 Å². The third kappa shape index (κ3) is 3.96. The molecule has 2 unspecified atom stereocenters. The standard InChI is InChI=1S/C23H27N3O/c1-2-7-20-19-10-4-3-8-17(19)14-21(20)25-12-6-13-27-22-11-5-9-18-15-24-16-26-23(18)22/h3-5,8-11,15-16,20-21,25H,2,6-7,12-14H2,1H3. The predicted octanol–water partition coefficient (Wildman–Crippen LogP) is 4.50. The number of nitrogens with one attached hydrogen (secondary N) is 1. The Balaban J connectivity index is 1.29. The van der Waals surface area contributed by atoms with E-state index in [1.54, 1.807) is 11.9 Å². The lowest BCUT2D eigenvalue weighted by Crippen LogP contribution is -2.34. The van der Waals surface area contributed by atoms with Crippen LogP contribution < -0.4 is 10.1 Å². The van der Waals surface area contributed by atoms with Crippen LogP contribution in [0.5, 0.6) is 5.75 Å². The third-order valence-corrected chi connectivity index (χ3v) is 5.46. The Morgan fingerprint density at radius 3 is 3.00 bits per heavy atom. The average Bonchev–Trinajstić information content (AvgIpc) is 3.06. The molecule has 2 aromatic carbocycles. The Labute approximate surface area is 161 Å². The van der Waals surface area contributed by atoms with Crippen LogP contribution in [0.3, 0.4) is 0 Å². The van der Waals surface area contributed by atoms with E-state index in [1.807, 2.05) is 24.4 Å². The molecule has 1 heterocycles. The predicted molar refractivity (Wildman–Crippen MR) is 109 cm³/mol. The zero-order valence-corrected chi connectivity index (χ0v) is 15.9. The van der Waals surface area contributed by atoms with Crippen molar-refractivity contribution in [2.24, 2.45) is 0 Å². The first-order chi connectivity index (χ1) is 13.4. The van der Waals surface area contributed by atoms with E-state index in [0.717, 1.165) is 36.0 Å². The van der Waals surface area contributed by atoms with E-state index in [9.17, 15) is 0 Å². The van der Waals surface area contributed by atoms with E-state index in [0.29, 0.717) is 18.6 Å². The van der Waals surface area contributed by atoms with Crippen molar-refractivity contribution in [1.29, 1.82) is 0 Å². The van der Waals surface area contributed by atoms with Gasteiger partial charge in [-0.25, -0.2) is 9.97 Å². The van der Waals surface area contributed by atoms with Crippen molar-refractivity contribution >= 4 is 10.9 Å². The summed E-state index contributed by atoms with van der Waals surface area (Å²) in [6, 6.07) is 15.5. The van der Waals surface area contributed by atoms with Crippen LogP contribution in [0, 0.1) is 0 Å². The highest BCUT2D eigenvalue weighted by molar-refractivity contribution is 5.83. The molecule has 1 aliphatic carbocycles. The van der Waals surface area contributed by atoms with E-state index >= 15 is 0 Å². The fraction of sp³-hybridized carbons (Fsp3) is 0.391. The van der Waals surface area contributed by atoms with Gasteiger partial charge in [0.1, 0.15) is 17.6 Å². The Kier molecular flexibility index (Phi) is 5.64. The first kappa shape index (κ1) is 17.9. The maximum absolute atomic E-state index is 5.99. The van der Waals surface area contributed by atoms with Gasteiger partial charge < -0.3 is 10.1 Å². The van der Waals surface area contributed by atoms with E-state index in [-0.39, 0.29) is 0 Å². The minimum absolute atomic E-state index is 0.549. The summed E-state index contributed by atoms with van der Waals surface area (Å²) in [6.07, 6.45) is 7.99. The molecule has 27 heavy (non-hydrogen) atoms. The van der Waals surface area contributed by atoms with Gasteiger partial charge in [-0.2, -0.15) is 0 Å². The van der Waals surface area contributed by atoms with Crippen LogP contribution in [0.1, 0.15) is 43.2 Å². The lowest BCUT2D eigenvalue weighted by Gasteiger charge is -2.21. The van der Waals surface area contributed by atoms with Crippen molar-refractivity contribution in [3.63, 3.8) is 0 Å². The summed E-state index contributed by atoms with van der Waals surface area (Å²) < 4.78 is 5.99. The summed E-state index contributed by atoms with van der Waals surface area (Å²) in [4.78, 5) is 8.42. The normalized spacial score (nSPS) is 18.6. The van der Waals surface area contributed by atoms with E-state index in [2.05, 4.69) is 46.5 Å². The lowest BCUT2D eigenvalue weighted by atomic mass is 9.93. The number of para-hydroxylation sites is 1. The number of nitrogens with zero attached hydrogens (tertiary/aromatic N) is 2. The fourth-order valence-electron chi connectivity index (χ4n) is 4.20. The molecule has 3 aromatic rings. The average molecular weight is 361 g/mol. The zero-order valence-electron chi connectivity index (χ0n) is 15.9. The first-order valence-corrected chi connectivity index (χ1v) is 9.99. The lowest BCUT2D eigenvalue weighted by molar-refractivity contribution is 0.304. The van der Waals surface area contributed by atoms with Crippen LogP contribution >= 0.6 is 0 Å². The largest absolute Gasteiger partial charge is 0.491 e. The highest BCUT2D eigenvalue weighted by Crippen LogP contribution is 2.36. The molecule has 1 aliphatic rings. The number of fused-ring (bicyclic) bond motifs is 2. The van der Waals surface area contributed by atoms with E-state index in [1.165, 1.54) is 18.4 Å². The van der Waals surface area contributed by atoms with Gasteiger partial charge in [0.25, 0.3) is 0 Å². The summed E-state index contributed by atoms with van der Waals surface area (Å²) in [5.74, 6) is 1.48. The molecule has 0 radical (unpaired) electrons. The van der Waals surface area contributed by atoms with Crippen molar-refractivity contribution in [1.82, 2.24) is 15.3 Å². The van der Waals surface area contributed by atoms with Crippen molar-refractivity contribution in [2.45, 2.75) is 44.6 Å². The summed E-state index contributed by atoms with van der Waals surface area (Å²) in [6.45, 7) is 3.94. The number of hydrogen-bond acceptors (Lipinski definition) is 4. The molecule has 4 heteroatoms. The Morgan fingerprint density at radius 2 is 2.07 bits per heavy atom. The molecule has 0 bridgehead atoms. The molecule has 4 nitrogen and oxygen atoms in total. The molecule has 0 aliphatic heterocycles. The molecule has 1 aromatic heterocycles. The quantitative estimate of drug-likeness (QED) is 0.600. The maximum Gasteiger partial charge on any atom is 0.145 e. The van der Waals surface area contributed by atoms with Crippen LogP contribution in [0.2, 0.25) is 0 Å². The second-order valence-electron chi connectivity index (χ2n) is 7.28. The Morgan fingerprint density at radius 1 is 1.15 bits per heavy atom. The van der Waals surface area contributed by atoms with Crippen LogP contribution in [-0.4, -0.2) is 29.2 Å². The second-order valence-corrected chi connectivity index (χ2v) is 7.28. The van der Waals surface area contributed by atoms with Crippen LogP contribution in [-0.2, 0) is 6.42 Å². The van der Waals surface area contributed by atoms with Gasteiger partial charge in [-0.3, -0.25) is 0 Å². The summed E-state index contributed by atoms with van der Waals surface area (Å²) in [7, 11) is 0. The summed E-state index contributed by atoms with van der Waals surface area (Å²) in [5, 5.41) is 4.79. The maximum atomic E-state index is 5.99. The smallest absolute Gasteiger partial charge is 0.145 e. The molecule has 2 atom stereocenters. The van der Waals surface area contributed by atoms with Crippen molar-refractivity contribution in [2.75, 3.05) is 13.2 Å². The minimum atomic E-state index is 0.549. The zero-order chi connectivity index (χ0) is 18.5. The van der Waals surface area contributed by atoms with Gasteiger partial charge in [-0.05, 0) is 48.9 Å². The number of aromatic nitrogens is 2. The summed E-state index contributed by atoms with van der Waals surface area (Å²) in [5.41, 5.74) is 3.94. The molecule has 0 saturated carbocycles. The highest BCUT2D eigenvalue weighted by atomic mass is 16.5. The van der Waals surface area contributed by atoms with Crippen LogP contribution in [0.15, 0.2) is 55.0 Å². The van der Waals surface area contributed by atoms with Gasteiger partial charge in [0.2, 0.25) is 0 Å². The van der Waals surface area contributed by atoms with Gasteiger partial charge in [-0.1, -0.05) is 49.7 Å². The van der Waals surface area contributed by atoms with Gasteiger partial charge in [0.05, 0.1) is 6.61 Å². The summed E-state index contributed by atoms with van der Waals surface area (Å²) >= 11 is 0. The second kappa shape index (κ2) is 8.49. The third-order valence-electron chi connectivity index (χ3n) is 5.46. The first-order valence-electron chi connectivity index (χ1n) is 9.99. The number of hydrogen-bond donors (Lipinski definition) is 1. The van der Waals surface area contributed by atoms with E-state index < -0.39 is 0 Å². The molecular weight excluding hydrogens is 334 g/mol. The number of benzene rings is 2. The van der Waals surface area contributed by atoms with Gasteiger partial charge in [0, 0.05) is 17.6 Å². The monoisotopic (exact) mass is 361 g/mol. The molecule has 140 valence electrons. The molecule has 0 fully saturated rings.